The minimum atomic E-state index is -4.02. The van der Waals surface area contributed by atoms with Crippen molar-refractivity contribution in [1.82, 2.24) is 9.29 Å². The molecule has 0 spiro atoms. The summed E-state index contributed by atoms with van der Waals surface area (Å²) in [7, 11) is -4.02. The smallest absolute Gasteiger partial charge is 0.348 e. The monoisotopic (exact) mass is 637 g/mol. The SMILES string of the molecule is NCC1CCN(c2ccc(S(=O)(=O)N3CC(=O)N(c4cc(-c5ccccc5)sc4C(=O)O)[C@H](C4CCCCC4)C3)cn2)CC1. The normalized spacial score (nSPS) is 21.1. The third-order valence-corrected chi connectivity index (χ3v) is 12.3. The highest BCUT2D eigenvalue weighted by atomic mass is 32.2. The van der Waals surface area contributed by atoms with Crippen LogP contribution in [0.3, 0.4) is 0 Å². The Morgan fingerprint density at radius 3 is 2.39 bits per heavy atom. The third-order valence-electron chi connectivity index (χ3n) is 9.35. The van der Waals surface area contributed by atoms with E-state index in [0.717, 1.165) is 85.6 Å². The minimum absolute atomic E-state index is 0.0508. The maximum absolute atomic E-state index is 14.0. The molecule has 1 amide bonds. The maximum atomic E-state index is 14.0. The van der Waals surface area contributed by atoms with E-state index in [2.05, 4.69) is 9.88 Å². The standard InChI is InChI=1S/C32H39N5O5S2/c33-18-22-13-15-35(16-14-22)29-12-11-25(19-34-29)44(41,42)36-20-27(23-7-3-1-4-8-23)37(30(38)21-36)26-17-28(43-31(26)32(39)40)24-9-5-2-6-10-24/h2,5-6,9-12,17,19,22-23,27H,1,3-4,7-8,13-16,18,20-21,33H2,(H,39,40)/t27-/m0/s1. The number of carbonyl (C=O) groups is 2. The van der Waals surface area contributed by atoms with Gasteiger partial charge < -0.3 is 20.6 Å². The van der Waals surface area contributed by atoms with E-state index < -0.39 is 27.9 Å². The molecule has 1 aromatic carbocycles. The molecule has 3 fully saturated rings. The average Bonchev–Trinajstić information content (AvgIpc) is 3.51. The van der Waals surface area contributed by atoms with Crippen LogP contribution in [0.5, 0.6) is 0 Å². The van der Waals surface area contributed by atoms with Gasteiger partial charge in [0.1, 0.15) is 15.6 Å². The van der Waals surface area contributed by atoms with Gasteiger partial charge in [0.05, 0.1) is 18.3 Å². The van der Waals surface area contributed by atoms with Gasteiger partial charge in [0, 0.05) is 30.7 Å². The molecule has 2 aliphatic heterocycles. The second-order valence-electron chi connectivity index (χ2n) is 12.0. The van der Waals surface area contributed by atoms with Gasteiger partial charge >= 0.3 is 5.97 Å². The van der Waals surface area contributed by atoms with Gasteiger partial charge in [-0.25, -0.2) is 18.2 Å². The van der Waals surface area contributed by atoms with Crippen LogP contribution in [-0.2, 0) is 14.8 Å². The first-order valence-electron chi connectivity index (χ1n) is 15.4. The van der Waals surface area contributed by atoms with Crippen molar-refractivity contribution in [3.8, 4) is 10.4 Å². The van der Waals surface area contributed by atoms with Crippen LogP contribution >= 0.6 is 11.3 Å². The van der Waals surface area contributed by atoms with Crippen LogP contribution in [0.25, 0.3) is 10.4 Å². The van der Waals surface area contributed by atoms with Gasteiger partial charge in [0.15, 0.2) is 0 Å². The fourth-order valence-corrected chi connectivity index (χ4v) is 9.21. The number of carbonyl (C=O) groups excluding carboxylic acids is 1. The fourth-order valence-electron chi connectivity index (χ4n) is 6.86. The summed E-state index contributed by atoms with van der Waals surface area (Å²) < 4.78 is 29.1. The zero-order chi connectivity index (χ0) is 30.8. The Labute approximate surface area is 262 Å². The Balaban J connectivity index is 1.29. The minimum Gasteiger partial charge on any atom is -0.477 e. The third kappa shape index (κ3) is 6.13. The predicted octanol–water partition coefficient (Wildman–Crippen LogP) is 4.67. The van der Waals surface area contributed by atoms with Gasteiger partial charge in [0.25, 0.3) is 0 Å². The summed E-state index contributed by atoms with van der Waals surface area (Å²) in [5.74, 6) is -0.221. The number of hydrogen-bond donors (Lipinski definition) is 2. The molecule has 44 heavy (non-hydrogen) atoms. The number of amides is 1. The molecule has 2 aromatic heterocycles. The van der Waals surface area contributed by atoms with Crippen molar-refractivity contribution in [3.05, 3.63) is 59.6 Å². The van der Waals surface area contributed by atoms with E-state index >= 15 is 0 Å². The maximum Gasteiger partial charge on any atom is 0.348 e. The summed E-state index contributed by atoms with van der Waals surface area (Å²) in [5.41, 5.74) is 7.04. The van der Waals surface area contributed by atoms with Gasteiger partial charge in [-0.1, -0.05) is 49.6 Å². The number of aromatic carboxylic acids is 1. The Hall–Kier alpha value is -3.32. The van der Waals surface area contributed by atoms with E-state index in [0.29, 0.717) is 18.2 Å². The number of sulfonamides is 1. The molecule has 3 N–H and O–H groups in total. The van der Waals surface area contributed by atoms with Gasteiger partial charge in [-0.3, -0.25) is 4.79 Å². The van der Waals surface area contributed by atoms with Crippen LogP contribution < -0.4 is 15.5 Å². The number of piperidine rings is 1. The molecule has 1 aliphatic carbocycles. The molecule has 4 heterocycles. The average molecular weight is 638 g/mol. The topological polar surface area (TPSA) is 137 Å². The number of anilines is 2. The molecule has 6 rings (SSSR count). The van der Waals surface area contributed by atoms with Gasteiger partial charge in [0.2, 0.25) is 15.9 Å². The summed E-state index contributed by atoms with van der Waals surface area (Å²) in [6.07, 6.45) is 8.15. The van der Waals surface area contributed by atoms with Crippen molar-refractivity contribution in [2.75, 3.05) is 42.5 Å². The lowest BCUT2D eigenvalue weighted by Gasteiger charge is -2.44. The number of carboxylic acids is 1. The number of thiophene rings is 1. The molecule has 1 saturated carbocycles. The van der Waals surface area contributed by atoms with E-state index in [9.17, 15) is 23.1 Å². The lowest BCUT2D eigenvalue weighted by Crippen LogP contribution is -2.60. The highest BCUT2D eigenvalue weighted by Crippen LogP contribution is 2.42. The van der Waals surface area contributed by atoms with Gasteiger partial charge in [-0.15, -0.1) is 11.3 Å². The summed E-state index contributed by atoms with van der Waals surface area (Å²) >= 11 is 1.14. The quantitative estimate of drug-likeness (QED) is 0.364. The van der Waals surface area contributed by atoms with Gasteiger partial charge in [-0.2, -0.15) is 4.31 Å². The molecule has 0 bridgehead atoms. The number of piperazine rings is 1. The molecule has 234 valence electrons. The lowest BCUT2D eigenvalue weighted by atomic mass is 9.82. The highest BCUT2D eigenvalue weighted by Gasteiger charge is 2.44. The van der Waals surface area contributed by atoms with Crippen molar-refractivity contribution in [3.63, 3.8) is 0 Å². The van der Waals surface area contributed by atoms with E-state index in [1.54, 1.807) is 23.1 Å². The number of benzene rings is 1. The van der Waals surface area contributed by atoms with Crippen molar-refractivity contribution < 1.29 is 23.1 Å². The van der Waals surface area contributed by atoms with Crippen LogP contribution in [0.2, 0.25) is 0 Å². The van der Waals surface area contributed by atoms with E-state index in [4.69, 9.17) is 5.73 Å². The van der Waals surface area contributed by atoms with Crippen LogP contribution in [0, 0.1) is 11.8 Å². The molecule has 3 aromatic rings. The van der Waals surface area contributed by atoms with E-state index in [-0.39, 0.29) is 28.8 Å². The second-order valence-corrected chi connectivity index (χ2v) is 15.0. The predicted molar refractivity (Wildman–Crippen MR) is 172 cm³/mol. The van der Waals surface area contributed by atoms with Crippen LogP contribution in [0.1, 0.15) is 54.6 Å². The Morgan fingerprint density at radius 2 is 1.75 bits per heavy atom. The molecule has 0 unspecified atom stereocenters. The first-order valence-corrected chi connectivity index (χ1v) is 17.7. The first kappa shape index (κ1) is 30.7. The number of rotatable bonds is 8. The second kappa shape index (κ2) is 13.0. The number of aromatic nitrogens is 1. The van der Waals surface area contributed by atoms with Crippen molar-refractivity contribution in [2.24, 2.45) is 17.6 Å². The highest BCUT2D eigenvalue weighted by molar-refractivity contribution is 7.89. The molecule has 12 heteroatoms. The largest absolute Gasteiger partial charge is 0.477 e. The molecular weight excluding hydrogens is 599 g/mol. The summed E-state index contributed by atoms with van der Waals surface area (Å²) in [6, 6.07) is 14.1. The number of pyridine rings is 1. The molecule has 1 atom stereocenters. The van der Waals surface area contributed by atoms with Crippen LogP contribution in [-0.4, -0.2) is 73.5 Å². The number of nitrogens with zero attached hydrogens (tertiary/aromatic N) is 4. The lowest BCUT2D eigenvalue weighted by molar-refractivity contribution is -0.121. The van der Waals surface area contributed by atoms with Crippen molar-refractivity contribution in [2.45, 2.75) is 55.9 Å². The fraction of sp³-hybridized carbons (Fsp3) is 0.469. The molecular formula is C32H39N5O5S2. The van der Waals surface area contributed by atoms with E-state index in [1.165, 1.54) is 10.5 Å². The van der Waals surface area contributed by atoms with Crippen molar-refractivity contribution in [1.29, 1.82) is 0 Å². The zero-order valence-corrected chi connectivity index (χ0v) is 26.3. The zero-order valence-electron chi connectivity index (χ0n) is 24.7. The van der Waals surface area contributed by atoms with E-state index in [1.807, 2.05) is 30.3 Å². The molecule has 0 radical (unpaired) electrons. The van der Waals surface area contributed by atoms with Crippen LogP contribution in [0.4, 0.5) is 11.5 Å². The summed E-state index contributed by atoms with van der Waals surface area (Å²) in [5, 5.41) is 10.2. The molecule has 10 nitrogen and oxygen atoms in total. The van der Waals surface area contributed by atoms with Crippen molar-refractivity contribution >= 4 is 44.7 Å². The summed E-state index contributed by atoms with van der Waals surface area (Å²) in [6.45, 7) is 2.06. The number of carboxylic acid groups (broad SMARTS) is 1. The molecule has 2 saturated heterocycles. The number of hydrogen-bond acceptors (Lipinski definition) is 8. The van der Waals surface area contributed by atoms with Crippen LogP contribution in [0.15, 0.2) is 59.6 Å². The first-order chi connectivity index (χ1) is 21.3. The Morgan fingerprint density at radius 1 is 1.02 bits per heavy atom. The Bertz CT molecular complexity index is 1580. The number of nitrogens with two attached hydrogens (primary N) is 1. The Kier molecular flexibility index (Phi) is 9.04. The summed E-state index contributed by atoms with van der Waals surface area (Å²) in [4.78, 5) is 35.5. The van der Waals surface area contributed by atoms with Gasteiger partial charge in [-0.05, 0) is 67.8 Å². The molecule has 3 aliphatic rings.